The van der Waals surface area contributed by atoms with Crippen LogP contribution in [-0.2, 0) is 0 Å². The second kappa shape index (κ2) is 6.95. The van der Waals surface area contributed by atoms with E-state index in [2.05, 4.69) is 47.2 Å². The molecule has 106 valence electrons. The van der Waals surface area contributed by atoms with Gasteiger partial charge in [-0.2, -0.15) is 0 Å². The van der Waals surface area contributed by atoms with Gasteiger partial charge in [0.15, 0.2) is 0 Å². The van der Waals surface area contributed by atoms with Crippen molar-refractivity contribution in [3.05, 3.63) is 68.1 Å². The maximum Gasteiger partial charge on any atom is 0.0468 e. The van der Waals surface area contributed by atoms with Gasteiger partial charge in [0, 0.05) is 26.6 Å². The molecule has 20 heavy (non-hydrogen) atoms. The Labute approximate surface area is 138 Å². The minimum atomic E-state index is 0.151. The van der Waals surface area contributed by atoms with Gasteiger partial charge in [-0.1, -0.05) is 57.3 Å². The first-order valence-electron chi connectivity index (χ1n) is 6.44. The van der Waals surface area contributed by atoms with E-state index in [1.807, 2.05) is 24.3 Å². The minimum absolute atomic E-state index is 0.151. The van der Waals surface area contributed by atoms with Gasteiger partial charge in [-0.3, -0.25) is 0 Å². The molecule has 1 unspecified atom stereocenters. The third-order valence-corrected chi connectivity index (χ3v) is 4.39. The van der Waals surface area contributed by atoms with E-state index in [0.717, 1.165) is 10.0 Å². The molecule has 0 aliphatic heterocycles. The molecule has 0 radical (unpaired) electrons. The number of hydrogen-bond donors (Lipinski definition) is 1. The summed E-state index contributed by atoms with van der Waals surface area (Å²) in [5.41, 5.74) is 2.30. The predicted octanol–water partition coefficient (Wildman–Crippen LogP) is 6.17. The molecule has 2 aromatic carbocycles. The fourth-order valence-electron chi connectivity index (χ4n) is 2.17. The van der Waals surface area contributed by atoms with E-state index in [9.17, 15) is 0 Å². The average molecular weight is 373 g/mol. The van der Waals surface area contributed by atoms with E-state index >= 15 is 0 Å². The van der Waals surface area contributed by atoms with E-state index < -0.39 is 0 Å². The third-order valence-electron chi connectivity index (χ3n) is 3.30. The van der Waals surface area contributed by atoms with Gasteiger partial charge in [0.05, 0.1) is 0 Å². The average Bonchev–Trinajstić information content (AvgIpc) is 2.39. The Bertz CT molecular complexity index is 584. The summed E-state index contributed by atoms with van der Waals surface area (Å²) in [5, 5.41) is 4.90. The summed E-state index contributed by atoms with van der Waals surface area (Å²) in [4.78, 5) is 0. The molecule has 0 aliphatic rings. The number of halogens is 3. The highest BCUT2D eigenvalue weighted by Crippen LogP contribution is 2.28. The van der Waals surface area contributed by atoms with Gasteiger partial charge < -0.3 is 5.32 Å². The monoisotopic (exact) mass is 371 g/mol. The molecule has 0 saturated heterocycles. The molecule has 2 atom stereocenters. The zero-order valence-corrected chi connectivity index (χ0v) is 14.4. The zero-order valence-electron chi connectivity index (χ0n) is 11.3. The van der Waals surface area contributed by atoms with Gasteiger partial charge in [0.1, 0.15) is 0 Å². The Morgan fingerprint density at radius 1 is 0.950 bits per heavy atom. The number of hydrogen-bond acceptors (Lipinski definition) is 1. The number of rotatable bonds is 4. The Morgan fingerprint density at radius 3 is 2.20 bits per heavy atom. The lowest BCUT2D eigenvalue weighted by molar-refractivity contribution is 0.495. The molecule has 0 aromatic heterocycles. The highest BCUT2D eigenvalue weighted by Gasteiger charge is 2.13. The fraction of sp³-hybridized carbons (Fsp3) is 0.250. The molecule has 0 spiro atoms. The van der Waals surface area contributed by atoms with Crippen molar-refractivity contribution in [1.29, 1.82) is 0 Å². The maximum absolute atomic E-state index is 6.24. The fourth-order valence-corrected chi connectivity index (χ4v) is 3.00. The molecule has 0 amide bonds. The zero-order chi connectivity index (χ0) is 14.7. The summed E-state index contributed by atoms with van der Waals surface area (Å²) < 4.78 is 1.09. The van der Waals surface area contributed by atoms with Crippen molar-refractivity contribution in [3.63, 3.8) is 0 Å². The van der Waals surface area contributed by atoms with Crippen LogP contribution in [0, 0.1) is 0 Å². The molecule has 0 bridgehead atoms. The van der Waals surface area contributed by atoms with Crippen LogP contribution in [0.4, 0.5) is 0 Å². The first-order valence-corrected chi connectivity index (χ1v) is 7.98. The molecule has 2 rings (SSSR count). The van der Waals surface area contributed by atoms with Crippen molar-refractivity contribution < 1.29 is 0 Å². The van der Waals surface area contributed by atoms with Crippen LogP contribution in [0.15, 0.2) is 46.9 Å². The third kappa shape index (κ3) is 3.98. The predicted molar refractivity (Wildman–Crippen MR) is 90.6 cm³/mol. The highest BCUT2D eigenvalue weighted by atomic mass is 79.9. The normalized spacial score (nSPS) is 14.1. The SMILES string of the molecule is CC(N[C@@H](C)c1ccc(Br)cc1)c1ccc(Cl)cc1Cl. The van der Waals surface area contributed by atoms with E-state index in [-0.39, 0.29) is 12.1 Å². The van der Waals surface area contributed by atoms with Crippen LogP contribution < -0.4 is 5.32 Å². The van der Waals surface area contributed by atoms with Gasteiger partial charge in [-0.05, 0) is 49.2 Å². The lowest BCUT2D eigenvalue weighted by Gasteiger charge is -2.21. The van der Waals surface area contributed by atoms with E-state index in [0.29, 0.717) is 10.0 Å². The standard InChI is InChI=1S/C16H16BrCl2N/c1-10(12-3-5-13(17)6-4-12)20-11(2)15-8-7-14(18)9-16(15)19/h3-11,20H,1-2H3/t10-,11?/m0/s1. The van der Waals surface area contributed by atoms with Crippen molar-refractivity contribution in [2.24, 2.45) is 0 Å². The summed E-state index contributed by atoms with van der Waals surface area (Å²) in [7, 11) is 0. The lowest BCUT2D eigenvalue weighted by Crippen LogP contribution is -2.22. The smallest absolute Gasteiger partial charge is 0.0468 e. The second-order valence-electron chi connectivity index (χ2n) is 4.83. The number of benzene rings is 2. The number of nitrogens with one attached hydrogen (secondary N) is 1. The van der Waals surface area contributed by atoms with Gasteiger partial charge in [-0.25, -0.2) is 0 Å². The summed E-state index contributed by atoms with van der Waals surface area (Å²) in [6, 6.07) is 14.3. The molecular weight excluding hydrogens is 357 g/mol. The van der Waals surface area contributed by atoms with Crippen molar-refractivity contribution in [2.75, 3.05) is 0 Å². The van der Waals surface area contributed by atoms with Gasteiger partial charge in [0.25, 0.3) is 0 Å². The van der Waals surface area contributed by atoms with Crippen LogP contribution in [0.25, 0.3) is 0 Å². The van der Waals surface area contributed by atoms with E-state index in [1.54, 1.807) is 6.07 Å². The van der Waals surface area contributed by atoms with Crippen LogP contribution >= 0.6 is 39.1 Å². The minimum Gasteiger partial charge on any atom is -0.304 e. The summed E-state index contributed by atoms with van der Waals surface area (Å²) >= 11 is 15.6. The Balaban J connectivity index is 2.10. The van der Waals surface area contributed by atoms with Crippen LogP contribution in [0.3, 0.4) is 0 Å². The van der Waals surface area contributed by atoms with Crippen LogP contribution in [0.5, 0.6) is 0 Å². The van der Waals surface area contributed by atoms with E-state index in [1.165, 1.54) is 5.56 Å². The highest BCUT2D eigenvalue weighted by molar-refractivity contribution is 9.10. The van der Waals surface area contributed by atoms with Crippen molar-refractivity contribution in [2.45, 2.75) is 25.9 Å². The summed E-state index contributed by atoms with van der Waals surface area (Å²) in [6.45, 7) is 4.24. The van der Waals surface area contributed by atoms with Crippen molar-refractivity contribution >= 4 is 39.1 Å². The largest absolute Gasteiger partial charge is 0.304 e. The molecular formula is C16H16BrCl2N. The molecule has 0 heterocycles. The van der Waals surface area contributed by atoms with Crippen LogP contribution in [0.1, 0.15) is 37.1 Å². The Morgan fingerprint density at radius 2 is 1.60 bits per heavy atom. The van der Waals surface area contributed by atoms with Gasteiger partial charge in [-0.15, -0.1) is 0 Å². The molecule has 0 fully saturated rings. The second-order valence-corrected chi connectivity index (χ2v) is 6.59. The molecule has 0 aliphatic carbocycles. The first kappa shape index (κ1) is 15.8. The maximum atomic E-state index is 6.24. The van der Waals surface area contributed by atoms with Gasteiger partial charge in [0.2, 0.25) is 0 Å². The topological polar surface area (TPSA) is 12.0 Å². The Hall–Kier alpha value is -0.540. The molecule has 2 aromatic rings. The molecule has 4 heteroatoms. The van der Waals surface area contributed by atoms with Gasteiger partial charge >= 0.3 is 0 Å². The molecule has 1 N–H and O–H groups in total. The first-order chi connectivity index (χ1) is 9.47. The summed E-state index contributed by atoms with van der Waals surface area (Å²) in [6.07, 6.45) is 0. The molecule has 1 nitrogen and oxygen atoms in total. The Kier molecular flexibility index (Phi) is 5.50. The molecule has 0 saturated carbocycles. The summed E-state index contributed by atoms with van der Waals surface area (Å²) in [5.74, 6) is 0. The lowest BCUT2D eigenvalue weighted by atomic mass is 10.0. The van der Waals surface area contributed by atoms with Crippen molar-refractivity contribution in [1.82, 2.24) is 5.32 Å². The quantitative estimate of drug-likeness (QED) is 0.676. The van der Waals surface area contributed by atoms with E-state index in [4.69, 9.17) is 23.2 Å². The van der Waals surface area contributed by atoms with Crippen LogP contribution in [-0.4, -0.2) is 0 Å². The van der Waals surface area contributed by atoms with Crippen LogP contribution in [0.2, 0.25) is 10.0 Å². The van der Waals surface area contributed by atoms with Crippen molar-refractivity contribution in [3.8, 4) is 0 Å².